The minimum Gasteiger partial charge on any atom is -0.465 e. The molecule has 0 aliphatic rings. The van der Waals surface area contributed by atoms with Gasteiger partial charge < -0.3 is 14.4 Å². The Bertz CT molecular complexity index is 560. The number of rotatable bonds is 3. The van der Waals surface area contributed by atoms with E-state index < -0.39 is 0 Å². The zero-order valence-corrected chi connectivity index (χ0v) is 9.80. The summed E-state index contributed by atoms with van der Waals surface area (Å²) in [4.78, 5) is 15.7. The second kappa shape index (κ2) is 4.55. The van der Waals surface area contributed by atoms with Crippen LogP contribution in [0.1, 0.15) is 23.1 Å². The van der Waals surface area contributed by atoms with Crippen LogP contribution >= 0.6 is 0 Å². The van der Waals surface area contributed by atoms with Crippen LogP contribution in [-0.2, 0) is 17.9 Å². The van der Waals surface area contributed by atoms with Crippen molar-refractivity contribution in [1.29, 1.82) is 0 Å². The number of aromatic nitrogens is 2. The molecule has 0 aliphatic carbocycles. The van der Waals surface area contributed by atoms with Crippen molar-refractivity contribution in [3.05, 3.63) is 29.6 Å². The SMILES string of the molecule is CCn1c(CO)nc2cc(C(=O)OC)ccc21. The number of methoxy groups -OCH3 is 1. The molecule has 0 bridgehead atoms. The lowest BCUT2D eigenvalue weighted by atomic mass is 10.2. The molecule has 17 heavy (non-hydrogen) atoms. The van der Waals surface area contributed by atoms with Crippen LogP contribution in [0.5, 0.6) is 0 Å². The molecule has 5 nitrogen and oxygen atoms in total. The monoisotopic (exact) mass is 234 g/mol. The predicted molar refractivity (Wildman–Crippen MR) is 62.7 cm³/mol. The van der Waals surface area contributed by atoms with Crippen molar-refractivity contribution in [1.82, 2.24) is 9.55 Å². The van der Waals surface area contributed by atoms with Crippen LogP contribution in [0.15, 0.2) is 18.2 Å². The van der Waals surface area contributed by atoms with Crippen molar-refractivity contribution in [2.45, 2.75) is 20.1 Å². The van der Waals surface area contributed by atoms with E-state index in [-0.39, 0.29) is 12.6 Å². The number of nitrogens with zero attached hydrogens (tertiary/aromatic N) is 2. The normalized spacial score (nSPS) is 10.8. The minimum absolute atomic E-state index is 0.115. The summed E-state index contributed by atoms with van der Waals surface area (Å²) in [5.74, 6) is 0.216. The first-order valence-corrected chi connectivity index (χ1v) is 5.39. The van der Waals surface area contributed by atoms with Crippen LogP contribution in [0.4, 0.5) is 0 Å². The number of aliphatic hydroxyl groups is 1. The van der Waals surface area contributed by atoms with E-state index in [2.05, 4.69) is 9.72 Å². The van der Waals surface area contributed by atoms with Gasteiger partial charge in [-0.25, -0.2) is 9.78 Å². The van der Waals surface area contributed by atoms with Crippen molar-refractivity contribution in [2.75, 3.05) is 7.11 Å². The highest BCUT2D eigenvalue weighted by Gasteiger charge is 2.12. The van der Waals surface area contributed by atoms with E-state index in [1.165, 1.54) is 7.11 Å². The molecule has 2 aromatic rings. The van der Waals surface area contributed by atoms with Gasteiger partial charge in [0.1, 0.15) is 12.4 Å². The number of imidazole rings is 1. The summed E-state index contributed by atoms with van der Waals surface area (Å²) in [6.07, 6.45) is 0. The van der Waals surface area contributed by atoms with Gasteiger partial charge in [0.15, 0.2) is 0 Å². The smallest absolute Gasteiger partial charge is 0.337 e. The van der Waals surface area contributed by atoms with Crippen LogP contribution in [-0.4, -0.2) is 27.7 Å². The average molecular weight is 234 g/mol. The lowest BCUT2D eigenvalue weighted by Crippen LogP contribution is -2.02. The molecule has 90 valence electrons. The van der Waals surface area contributed by atoms with Crippen LogP contribution in [0.25, 0.3) is 11.0 Å². The maximum absolute atomic E-state index is 11.4. The highest BCUT2D eigenvalue weighted by Crippen LogP contribution is 2.18. The Labute approximate surface area is 98.6 Å². The van der Waals surface area contributed by atoms with Crippen molar-refractivity contribution in [3.8, 4) is 0 Å². The molecule has 0 saturated heterocycles. The lowest BCUT2D eigenvalue weighted by molar-refractivity contribution is 0.0601. The van der Waals surface area contributed by atoms with E-state index in [1.807, 2.05) is 17.6 Å². The summed E-state index contributed by atoms with van der Waals surface area (Å²) in [6.45, 7) is 2.59. The van der Waals surface area contributed by atoms with Crippen LogP contribution < -0.4 is 0 Å². The molecule has 0 saturated carbocycles. The summed E-state index contributed by atoms with van der Waals surface area (Å²) in [6, 6.07) is 5.19. The molecule has 1 aromatic carbocycles. The van der Waals surface area contributed by atoms with E-state index >= 15 is 0 Å². The van der Waals surface area contributed by atoms with Crippen LogP contribution in [0.3, 0.4) is 0 Å². The summed E-state index contributed by atoms with van der Waals surface area (Å²) in [5, 5.41) is 9.20. The molecule has 1 heterocycles. The van der Waals surface area contributed by atoms with Crippen LogP contribution in [0, 0.1) is 0 Å². The Kier molecular flexibility index (Phi) is 3.10. The highest BCUT2D eigenvalue weighted by atomic mass is 16.5. The Hall–Kier alpha value is -1.88. The van der Waals surface area contributed by atoms with Gasteiger partial charge in [0.05, 0.1) is 23.7 Å². The molecule has 0 atom stereocenters. The molecule has 1 N–H and O–H groups in total. The van der Waals surface area contributed by atoms with E-state index in [9.17, 15) is 9.90 Å². The molecule has 5 heteroatoms. The molecule has 0 aliphatic heterocycles. The van der Waals surface area contributed by atoms with Gasteiger partial charge in [0, 0.05) is 6.54 Å². The molecule has 0 spiro atoms. The Morgan fingerprint density at radius 2 is 2.29 bits per heavy atom. The fourth-order valence-electron chi connectivity index (χ4n) is 1.90. The van der Waals surface area contributed by atoms with E-state index in [1.54, 1.807) is 12.1 Å². The summed E-state index contributed by atoms with van der Waals surface area (Å²) in [5.41, 5.74) is 2.06. The van der Waals surface area contributed by atoms with Gasteiger partial charge in [0.2, 0.25) is 0 Å². The van der Waals surface area contributed by atoms with Crippen LogP contribution in [0.2, 0.25) is 0 Å². The third kappa shape index (κ3) is 1.89. The van der Waals surface area contributed by atoms with Crippen molar-refractivity contribution >= 4 is 17.0 Å². The summed E-state index contributed by atoms with van der Waals surface area (Å²) in [7, 11) is 1.34. The fraction of sp³-hybridized carbons (Fsp3) is 0.333. The fourth-order valence-corrected chi connectivity index (χ4v) is 1.90. The van der Waals surface area contributed by atoms with Gasteiger partial charge >= 0.3 is 5.97 Å². The molecule has 0 radical (unpaired) electrons. The maximum Gasteiger partial charge on any atom is 0.337 e. The van der Waals surface area contributed by atoms with E-state index in [0.29, 0.717) is 16.9 Å². The first-order chi connectivity index (χ1) is 8.21. The van der Waals surface area contributed by atoms with Crippen molar-refractivity contribution < 1.29 is 14.6 Å². The minimum atomic E-state index is -0.386. The third-order valence-electron chi connectivity index (χ3n) is 2.71. The Morgan fingerprint density at radius 1 is 1.53 bits per heavy atom. The maximum atomic E-state index is 11.4. The number of aliphatic hydroxyl groups excluding tert-OH is 1. The quantitative estimate of drug-likeness (QED) is 0.814. The summed E-state index contributed by atoms with van der Waals surface area (Å²) >= 11 is 0. The van der Waals surface area contributed by atoms with Gasteiger partial charge in [-0.3, -0.25) is 0 Å². The van der Waals surface area contributed by atoms with Gasteiger partial charge in [-0.1, -0.05) is 0 Å². The number of esters is 1. The zero-order valence-electron chi connectivity index (χ0n) is 9.80. The first-order valence-electron chi connectivity index (χ1n) is 5.39. The zero-order chi connectivity index (χ0) is 12.4. The molecule has 1 aromatic heterocycles. The van der Waals surface area contributed by atoms with Gasteiger partial charge in [-0.15, -0.1) is 0 Å². The number of benzene rings is 1. The number of carbonyl (C=O) groups excluding carboxylic acids is 1. The van der Waals surface area contributed by atoms with E-state index in [0.717, 1.165) is 12.1 Å². The van der Waals surface area contributed by atoms with E-state index in [4.69, 9.17) is 0 Å². The van der Waals surface area contributed by atoms with Crippen molar-refractivity contribution in [2.24, 2.45) is 0 Å². The highest BCUT2D eigenvalue weighted by molar-refractivity contribution is 5.93. The topological polar surface area (TPSA) is 64.3 Å². The lowest BCUT2D eigenvalue weighted by Gasteiger charge is -2.03. The Morgan fingerprint density at radius 3 is 2.88 bits per heavy atom. The van der Waals surface area contributed by atoms with Gasteiger partial charge in [-0.2, -0.15) is 0 Å². The largest absolute Gasteiger partial charge is 0.465 e. The first kappa shape index (κ1) is 11.6. The number of aryl methyl sites for hydroxylation is 1. The third-order valence-corrected chi connectivity index (χ3v) is 2.71. The summed E-state index contributed by atoms with van der Waals surface area (Å²) < 4.78 is 6.57. The number of hydrogen-bond acceptors (Lipinski definition) is 4. The van der Waals surface area contributed by atoms with Crippen molar-refractivity contribution in [3.63, 3.8) is 0 Å². The average Bonchev–Trinajstić information content (AvgIpc) is 2.74. The molecule has 2 rings (SSSR count). The standard InChI is InChI=1S/C12H14N2O3/c1-3-14-10-5-4-8(12(16)17-2)6-9(10)13-11(14)7-15/h4-6,15H,3,7H2,1-2H3. The molecule has 0 unspecified atom stereocenters. The molecule has 0 amide bonds. The van der Waals surface area contributed by atoms with Gasteiger partial charge in [-0.05, 0) is 25.1 Å². The van der Waals surface area contributed by atoms with Gasteiger partial charge in [0.25, 0.3) is 0 Å². The second-order valence-corrected chi connectivity index (χ2v) is 3.63. The molecular formula is C12H14N2O3. The molecule has 0 fully saturated rings. The number of ether oxygens (including phenoxy) is 1. The Balaban J connectivity index is 2.59. The number of hydrogen-bond donors (Lipinski definition) is 1. The predicted octanol–water partition coefficient (Wildman–Crippen LogP) is 1.34. The second-order valence-electron chi connectivity index (χ2n) is 3.63. The number of fused-ring (bicyclic) bond motifs is 1. The molecular weight excluding hydrogens is 220 g/mol. The number of carbonyl (C=O) groups is 1.